The molecular formula is C16H17N5O5. The Hall–Kier alpha value is -3.43. The number of amides is 4. The molecule has 1 aliphatic heterocycles. The maximum atomic E-state index is 12.7. The van der Waals surface area contributed by atoms with Crippen molar-refractivity contribution in [1.82, 2.24) is 20.5 Å². The largest absolute Gasteiger partial charge is 0.459 e. The Morgan fingerprint density at radius 3 is 2.73 bits per heavy atom. The molecule has 4 amide bonds. The first kappa shape index (κ1) is 17.4. The number of nitrogens with two attached hydrogens (primary N) is 1. The average Bonchev–Trinajstić information content (AvgIpc) is 3.01. The van der Waals surface area contributed by atoms with Crippen LogP contribution in [0.4, 0.5) is 9.59 Å². The molecule has 26 heavy (non-hydrogen) atoms. The number of nitrogens with one attached hydrogen (secondary N) is 1. The van der Waals surface area contributed by atoms with Crippen LogP contribution >= 0.6 is 0 Å². The molecule has 10 heteroatoms. The van der Waals surface area contributed by atoms with Crippen molar-refractivity contribution in [2.75, 3.05) is 0 Å². The molecule has 0 bridgehead atoms. The predicted octanol–water partition coefficient (Wildman–Crippen LogP) is 1.59. The molecule has 0 radical (unpaired) electrons. The minimum absolute atomic E-state index is 0.0765. The van der Waals surface area contributed by atoms with E-state index in [0.29, 0.717) is 16.6 Å². The van der Waals surface area contributed by atoms with E-state index >= 15 is 0 Å². The highest BCUT2D eigenvalue weighted by Crippen LogP contribution is 2.37. The van der Waals surface area contributed by atoms with Gasteiger partial charge in [-0.1, -0.05) is 12.1 Å². The maximum Gasteiger partial charge on any atom is 0.338 e. The van der Waals surface area contributed by atoms with Gasteiger partial charge >= 0.3 is 18.0 Å². The number of urea groups is 2. The fourth-order valence-corrected chi connectivity index (χ4v) is 2.85. The molecule has 10 nitrogen and oxygen atoms in total. The highest BCUT2D eigenvalue weighted by molar-refractivity contribution is 6.02. The number of esters is 1. The second-order valence-electron chi connectivity index (χ2n) is 6.01. The van der Waals surface area contributed by atoms with E-state index in [0.717, 1.165) is 4.90 Å². The van der Waals surface area contributed by atoms with E-state index in [-0.39, 0.29) is 11.3 Å². The highest BCUT2D eigenvalue weighted by atomic mass is 16.6. The van der Waals surface area contributed by atoms with Crippen LogP contribution in [0.25, 0.3) is 11.0 Å². The van der Waals surface area contributed by atoms with Crippen LogP contribution in [0.3, 0.4) is 0 Å². The zero-order valence-corrected chi connectivity index (χ0v) is 14.3. The van der Waals surface area contributed by atoms with Crippen molar-refractivity contribution in [3.63, 3.8) is 0 Å². The van der Waals surface area contributed by atoms with Gasteiger partial charge in [0.05, 0.1) is 11.7 Å². The second kappa shape index (κ2) is 6.47. The van der Waals surface area contributed by atoms with E-state index in [4.69, 9.17) is 15.1 Å². The molecule has 1 aromatic carbocycles. The minimum Gasteiger partial charge on any atom is -0.459 e. The van der Waals surface area contributed by atoms with Gasteiger partial charge in [0.1, 0.15) is 17.1 Å². The van der Waals surface area contributed by atoms with Crippen LogP contribution in [-0.2, 0) is 9.53 Å². The van der Waals surface area contributed by atoms with E-state index in [2.05, 4.69) is 15.6 Å². The van der Waals surface area contributed by atoms with Gasteiger partial charge in [0.15, 0.2) is 0 Å². The number of rotatable bonds is 3. The lowest BCUT2D eigenvalue weighted by molar-refractivity contribution is -0.143. The van der Waals surface area contributed by atoms with E-state index in [9.17, 15) is 14.4 Å². The molecule has 1 aliphatic rings. The highest BCUT2D eigenvalue weighted by Gasteiger charge is 2.42. The van der Waals surface area contributed by atoms with Crippen molar-refractivity contribution in [3.8, 4) is 0 Å². The van der Waals surface area contributed by atoms with Gasteiger partial charge in [-0.3, -0.25) is 0 Å². The fraction of sp³-hybridized carbons (Fsp3) is 0.312. The Morgan fingerprint density at radius 1 is 1.35 bits per heavy atom. The standard InChI is InChI=1S/C16H17N5O5/c1-7(2)25-14(22)11-8(3)18-16(24)21(15(17)23)13(11)9-5-4-6-10-12(9)20-26-19-10/h4-7,13H,1-3H3,(H2,17,23)(H,18,24). The maximum absolute atomic E-state index is 12.7. The van der Waals surface area contributed by atoms with Crippen LogP contribution in [0.2, 0.25) is 0 Å². The van der Waals surface area contributed by atoms with Gasteiger partial charge in [0, 0.05) is 11.3 Å². The summed E-state index contributed by atoms with van der Waals surface area (Å²) < 4.78 is 10.0. The summed E-state index contributed by atoms with van der Waals surface area (Å²) in [4.78, 5) is 37.8. The predicted molar refractivity (Wildman–Crippen MR) is 88.4 cm³/mol. The van der Waals surface area contributed by atoms with Crippen LogP contribution in [-0.4, -0.2) is 39.3 Å². The third kappa shape index (κ3) is 2.85. The topological polar surface area (TPSA) is 141 Å². The van der Waals surface area contributed by atoms with Crippen LogP contribution in [0.1, 0.15) is 32.4 Å². The first-order chi connectivity index (χ1) is 12.3. The van der Waals surface area contributed by atoms with Gasteiger partial charge in [-0.2, -0.15) is 0 Å². The normalized spacial score (nSPS) is 17.6. The zero-order valence-electron chi connectivity index (χ0n) is 14.3. The number of primary amides is 1. The number of hydrogen-bond donors (Lipinski definition) is 2. The number of benzene rings is 1. The van der Waals surface area contributed by atoms with E-state index in [1.807, 2.05) is 0 Å². The van der Waals surface area contributed by atoms with E-state index in [1.165, 1.54) is 0 Å². The molecular weight excluding hydrogens is 342 g/mol. The molecule has 1 unspecified atom stereocenters. The molecule has 2 heterocycles. The summed E-state index contributed by atoms with van der Waals surface area (Å²) in [6, 6.07) is 2.01. The molecule has 1 aromatic heterocycles. The summed E-state index contributed by atoms with van der Waals surface area (Å²) >= 11 is 0. The number of nitrogens with zero attached hydrogens (tertiary/aromatic N) is 3. The lowest BCUT2D eigenvalue weighted by atomic mass is 9.93. The smallest absolute Gasteiger partial charge is 0.338 e. The fourth-order valence-electron chi connectivity index (χ4n) is 2.85. The van der Waals surface area contributed by atoms with Crippen LogP contribution in [0.15, 0.2) is 34.1 Å². The Kier molecular flexibility index (Phi) is 4.33. The van der Waals surface area contributed by atoms with Crippen molar-refractivity contribution in [1.29, 1.82) is 0 Å². The number of carbonyl (C=O) groups is 3. The SMILES string of the molecule is CC1=C(C(=O)OC(C)C)C(c2cccc3nonc23)N(C(N)=O)C(=O)N1. The molecule has 3 N–H and O–H groups in total. The lowest BCUT2D eigenvalue weighted by Crippen LogP contribution is -2.53. The molecule has 0 saturated carbocycles. The molecule has 136 valence electrons. The number of carbonyl (C=O) groups excluding carboxylic acids is 3. The average molecular weight is 359 g/mol. The molecule has 0 spiro atoms. The Labute approximate surface area is 147 Å². The second-order valence-corrected chi connectivity index (χ2v) is 6.01. The molecule has 0 saturated heterocycles. The first-order valence-electron chi connectivity index (χ1n) is 7.83. The summed E-state index contributed by atoms with van der Waals surface area (Å²) in [6.45, 7) is 4.93. The quantitative estimate of drug-likeness (QED) is 0.793. The summed E-state index contributed by atoms with van der Waals surface area (Å²) in [5.74, 6) is -0.679. The summed E-state index contributed by atoms with van der Waals surface area (Å²) in [6.07, 6.45) is -0.396. The molecule has 0 fully saturated rings. The van der Waals surface area contributed by atoms with E-state index in [1.54, 1.807) is 39.0 Å². The number of imide groups is 1. The monoisotopic (exact) mass is 359 g/mol. The van der Waals surface area contributed by atoms with Crippen molar-refractivity contribution < 1.29 is 23.7 Å². The summed E-state index contributed by atoms with van der Waals surface area (Å²) in [5.41, 5.74) is 6.83. The molecule has 1 atom stereocenters. The van der Waals surface area contributed by atoms with Crippen molar-refractivity contribution in [3.05, 3.63) is 35.0 Å². The summed E-state index contributed by atoms with van der Waals surface area (Å²) in [7, 11) is 0. The number of fused-ring (bicyclic) bond motifs is 1. The van der Waals surface area contributed by atoms with Gasteiger partial charge in [-0.15, -0.1) is 0 Å². The van der Waals surface area contributed by atoms with Crippen molar-refractivity contribution in [2.45, 2.75) is 32.9 Å². The van der Waals surface area contributed by atoms with Crippen LogP contribution in [0, 0.1) is 0 Å². The summed E-state index contributed by atoms with van der Waals surface area (Å²) in [5, 5.41) is 10.0. The van der Waals surface area contributed by atoms with Gasteiger partial charge in [-0.05, 0) is 37.2 Å². The molecule has 3 rings (SSSR count). The third-order valence-electron chi connectivity index (χ3n) is 3.86. The third-order valence-corrected chi connectivity index (χ3v) is 3.86. The minimum atomic E-state index is -1.12. The Morgan fingerprint density at radius 2 is 2.08 bits per heavy atom. The Balaban J connectivity index is 2.24. The lowest BCUT2D eigenvalue weighted by Gasteiger charge is -2.35. The van der Waals surface area contributed by atoms with Gasteiger partial charge < -0.3 is 15.8 Å². The van der Waals surface area contributed by atoms with Crippen LogP contribution < -0.4 is 11.1 Å². The number of ether oxygens (including phenoxy) is 1. The zero-order chi connectivity index (χ0) is 19.0. The van der Waals surface area contributed by atoms with Crippen LogP contribution in [0.5, 0.6) is 0 Å². The number of hydrogen-bond acceptors (Lipinski definition) is 7. The number of allylic oxidation sites excluding steroid dienone is 1. The first-order valence-corrected chi connectivity index (χ1v) is 7.83. The van der Waals surface area contributed by atoms with Gasteiger partial charge in [0.25, 0.3) is 0 Å². The molecule has 2 aromatic rings. The van der Waals surface area contributed by atoms with Gasteiger partial charge in [-0.25, -0.2) is 23.9 Å². The Bertz CT molecular complexity index is 932. The van der Waals surface area contributed by atoms with Crippen molar-refractivity contribution >= 4 is 29.1 Å². The van der Waals surface area contributed by atoms with Crippen molar-refractivity contribution in [2.24, 2.45) is 5.73 Å². The van der Waals surface area contributed by atoms with Gasteiger partial charge in [0.2, 0.25) is 0 Å². The molecule has 0 aliphatic carbocycles. The number of aromatic nitrogens is 2. The van der Waals surface area contributed by atoms with E-state index < -0.39 is 30.2 Å².